The zero-order chi connectivity index (χ0) is 21.0. The number of nitrogens with zero attached hydrogens (tertiary/aromatic N) is 1. The van der Waals surface area contributed by atoms with Crippen molar-refractivity contribution in [2.24, 2.45) is 4.99 Å². The number of halogens is 1. The van der Waals surface area contributed by atoms with Crippen LogP contribution in [-0.4, -0.2) is 24.3 Å². The normalized spacial score (nSPS) is 17.5. The maximum Gasteiger partial charge on any atom is 0.264 e. The summed E-state index contributed by atoms with van der Waals surface area (Å²) in [5.74, 6) is 0.842. The lowest BCUT2D eigenvalue weighted by atomic mass is 10.1. The van der Waals surface area contributed by atoms with Crippen LogP contribution in [-0.2, 0) is 4.79 Å². The molecule has 0 spiro atoms. The number of methoxy groups -OCH3 is 1. The van der Waals surface area contributed by atoms with Gasteiger partial charge in [-0.3, -0.25) is 4.79 Å². The molecule has 0 aliphatic carbocycles. The summed E-state index contributed by atoms with van der Waals surface area (Å²) in [7, 11) is 1.57. The molecule has 0 saturated carbocycles. The predicted octanol–water partition coefficient (Wildman–Crippen LogP) is 5.73. The second-order valence-corrected chi connectivity index (χ2v) is 8.13. The third kappa shape index (κ3) is 5.34. The van der Waals surface area contributed by atoms with Gasteiger partial charge in [0.05, 0.1) is 28.8 Å². The maximum absolute atomic E-state index is 12.4. The van der Waals surface area contributed by atoms with Gasteiger partial charge in [0.1, 0.15) is 0 Å². The lowest BCUT2D eigenvalue weighted by Crippen LogP contribution is -2.19. The standard InChI is InChI=1S/C22H23ClN2O3S/c1-5-14(3)28-20-17(23)10-15(11-18(20)27-4)12-19-21(26)25-22(29-19)24-16-8-6-7-13(2)9-16/h6-12,14H,5H2,1-4H3,(H,24,25,26)/b19-12-/t14-/m0/s1. The fourth-order valence-electron chi connectivity index (χ4n) is 2.67. The molecule has 5 nitrogen and oxygen atoms in total. The summed E-state index contributed by atoms with van der Waals surface area (Å²) in [6.45, 7) is 6.01. The Morgan fingerprint density at radius 2 is 2.10 bits per heavy atom. The number of nitrogens with one attached hydrogen (secondary N) is 1. The fraction of sp³-hybridized carbons (Fsp3) is 0.273. The van der Waals surface area contributed by atoms with E-state index >= 15 is 0 Å². The number of aryl methyl sites for hydroxylation is 1. The van der Waals surface area contributed by atoms with Gasteiger partial charge in [-0.2, -0.15) is 0 Å². The molecule has 1 saturated heterocycles. The van der Waals surface area contributed by atoms with Gasteiger partial charge in [-0.05, 0) is 73.5 Å². The van der Waals surface area contributed by atoms with Crippen molar-refractivity contribution in [3.8, 4) is 11.5 Å². The number of carbonyl (C=O) groups excluding carboxylic acids is 1. The van der Waals surface area contributed by atoms with Gasteiger partial charge < -0.3 is 14.8 Å². The largest absolute Gasteiger partial charge is 0.493 e. The topological polar surface area (TPSA) is 59.9 Å². The summed E-state index contributed by atoms with van der Waals surface area (Å²) in [4.78, 5) is 17.4. The minimum absolute atomic E-state index is 0.0159. The van der Waals surface area contributed by atoms with Crippen LogP contribution >= 0.6 is 23.4 Å². The molecule has 29 heavy (non-hydrogen) atoms. The lowest BCUT2D eigenvalue weighted by molar-refractivity contribution is -0.115. The second-order valence-electron chi connectivity index (χ2n) is 6.69. The highest BCUT2D eigenvalue weighted by Crippen LogP contribution is 2.39. The molecule has 2 aromatic carbocycles. The Kier molecular flexibility index (Phi) is 6.87. The van der Waals surface area contributed by atoms with Crippen LogP contribution in [0, 0.1) is 6.92 Å². The molecule has 2 aromatic rings. The minimum Gasteiger partial charge on any atom is -0.493 e. The Balaban J connectivity index is 1.86. The molecule has 3 rings (SSSR count). The van der Waals surface area contributed by atoms with Gasteiger partial charge in [-0.1, -0.05) is 30.7 Å². The van der Waals surface area contributed by atoms with Crippen LogP contribution < -0.4 is 14.8 Å². The van der Waals surface area contributed by atoms with Gasteiger partial charge in [0.2, 0.25) is 0 Å². The Morgan fingerprint density at radius 3 is 2.79 bits per heavy atom. The van der Waals surface area contributed by atoms with Crippen LogP contribution in [0.5, 0.6) is 11.5 Å². The van der Waals surface area contributed by atoms with Crippen molar-refractivity contribution in [2.45, 2.75) is 33.3 Å². The highest BCUT2D eigenvalue weighted by atomic mass is 35.5. The average Bonchev–Trinajstić information content (AvgIpc) is 3.02. The average molecular weight is 431 g/mol. The summed E-state index contributed by atoms with van der Waals surface area (Å²) in [5.41, 5.74) is 2.65. The van der Waals surface area contributed by atoms with E-state index in [4.69, 9.17) is 21.1 Å². The number of benzene rings is 2. The second kappa shape index (κ2) is 9.37. The van der Waals surface area contributed by atoms with Crippen LogP contribution in [0.3, 0.4) is 0 Å². The predicted molar refractivity (Wildman–Crippen MR) is 120 cm³/mol. The molecule has 0 bridgehead atoms. The summed E-state index contributed by atoms with van der Waals surface area (Å²) in [6, 6.07) is 11.4. The number of amides is 1. The molecule has 0 unspecified atom stereocenters. The zero-order valence-corrected chi connectivity index (χ0v) is 18.4. The van der Waals surface area contributed by atoms with Crippen molar-refractivity contribution in [3.63, 3.8) is 0 Å². The number of hydrogen-bond acceptors (Lipinski definition) is 5. The molecule has 152 valence electrons. The van der Waals surface area contributed by atoms with Gasteiger partial charge in [0.25, 0.3) is 5.91 Å². The van der Waals surface area contributed by atoms with Gasteiger partial charge in [-0.25, -0.2) is 4.99 Å². The number of hydrogen-bond donors (Lipinski definition) is 1. The van der Waals surface area contributed by atoms with E-state index in [-0.39, 0.29) is 12.0 Å². The molecule has 1 N–H and O–H groups in total. The maximum atomic E-state index is 12.4. The van der Waals surface area contributed by atoms with E-state index in [9.17, 15) is 4.79 Å². The van der Waals surface area contributed by atoms with Crippen molar-refractivity contribution < 1.29 is 14.3 Å². The monoisotopic (exact) mass is 430 g/mol. The van der Waals surface area contributed by atoms with E-state index < -0.39 is 0 Å². The van der Waals surface area contributed by atoms with Crippen molar-refractivity contribution in [1.29, 1.82) is 0 Å². The number of rotatable bonds is 6. The van der Waals surface area contributed by atoms with Gasteiger partial charge in [0, 0.05) is 0 Å². The van der Waals surface area contributed by atoms with Crippen LogP contribution in [0.1, 0.15) is 31.4 Å². The molecule has 1 fully saturated rings. The smallest absolute Gasteiger partial charge is 0.264 e. The van der Waals surface area contributed by atoms with Crippen molar-refractivity contribution in [2.75, 3.05) is 7.11 Å². The molecule has 1 aliphatic rings. The van der Waals surface area contributed by atoms with Crippen molar-refractivity contribution in [1.82, 2.24) is 5.32 Å². The highest BCUT2D eigenvalue weighted by Gasteiger charge is 2.24. The summed E-state index contributed by atoms with van der Waals surface area (Å²) < 4.78 is 11.3. The van der Waals surface area contributed by atoms with E-state index in [1.54, 1.807) is 25.3 Å². The Labute approximate surface area is 180 Å². The minimum atomic E-state index is -0.198. The number of ether oxygens (including phenoxy) is 2. The molecule has 7 heteroatoms. The zero-order valence-electron chi connectivity index (χ0n) is 16.8. The molecule has 1 atom stereocenters. The van der Waals surface area contributed by atoms with E-state index in [2.05, 4.69) is 10.3 Å². The van der Waals surface area contributed by atoms with Gasteiger partial charge in [0.15, 0.2) is 16.7 Å². The molecular weight excluding hydrogens is 408 g/mol. The molecule has 1 amide bonds. The highest BCUT2D eigenvalue weighted by molar-refractivity contribution is 8.18. The first-order valence-electron chi connectivity index (χ1n) is 9.30. The van der Waals surface area contributed by atoms with Crippen molar-refractivity contribution >= 4 is 46.2 Å². The quantitative estimate of drug-likeness (QED) is 0.595. The first kappa shape index (κ1) is 21.3. The molecule has 1 aliphatic heterocycles. The molecular formula is C22H23ClN2O3S. The van der Waals surface area contributed by atoms with Crippen molar-refractivity contribution in [3.05, 3.63) is 57.5 Å². The van der Waals surface area contributed by atoms with E-state index in [0.717, 1.165) is 23.2 Å². The van der Waals surface area contributed by atoms with Crippen LogP contribution in [0.15, 0.2) is 46.3 Å². The molecule has 1 heterocycles. The Hall–Kier alpha value is -2.44. The van der Waals surface area contributed by atoms with E-state index in [0.29, 0.717) is 26.6 Å². The summed E-state index contributed by atoms with van der Waals surface area (Å²) in [5, 5.41) is 3.78. The summed E-state index contributed by atoms with van der Waals surface area (Å²) in [6.07, 6.45) is 2.63. The number of carbonyl (C=O) groups is 1. The number of aliphatic imine (C=N–C) groups is 1. The van der Waals surface area contributed by atoms with E-state index in [1.807, 2.05) is 45.0 Å². The number of thioether (sulfide) groups is 1. The number of amidine groups is 1. The Morgan fingerprint density at radius 1 is 1.31 bits per heavy atom. The van der Waals surface area contributed by atoms with Crippen LogP contribution in [0.25, 0.3) is 6.08 Å². The fourth-order valence-corrected chi connectivity index (χ4v) is 3.77. The third-order valence-electron chi connectivity index (χ3n) is 4.33. The molecule has 0 radical (unpaired) electrons. The first-order chi connectivity index (χ1) is 13.9. The SMILES string of the molecule is CC[C@H](C)Oc1c(Cl)cc(/C=C2\SC(=Nc3cccc(C)c3)NC2=O)cc1OC. The third-order valence-corrected chi connectivity index (χ3v) is 5.52. The van der Waals surface area contributed by atoms with Gasteiger partial charge in [-0.15, -0.1) is 0 Å². The van der Waals surface area contributed by atoms with Gasteiger partial charge >= 0.3 is 0 Å². The van der Waals surface area contributed by atoms with Crippen LogP contribution in [0.4, 0.5) is 5.69 Å². The molecule has 0 aromatic heterocycles. The van der Waals surface area contributed by atoms with Crippen LogP contribution in [0.2, 0.25) is 5.02 Å². The van der Waals surface area contributed by atoms with E-state index in [1.165, 1.54) is 11.8 Å². The lowest BCUT2D eigenvalue weighted by Gasteiger charge is -2.17. The summed E-state index contributed by atoms with van der Waals surface area (Å²) >= 11 is 7.71. The Bertz CT molecular complexity index is 988. The first-order valence-corrected chi connectivity index (χ1v) is 10.5.